The Balaban J connectivity index is 1.63. The zero-order valence-electron chi connectivity index (χ0n) is 14.1. The predicted octanol–water partition coefficient (Wildman–Crippen LogP) is 1.67. The van der Waals surface area contributed by atoms with Crippen LogP contribution in [0.15, 0.2) is 10.6 Å². The van der Waals surface area contributed by atoms with E-state index >= 15 is 0 Å². The molecule has 0 saturated heterocycles. The van der Waals surface area contributed by atoms with Crippen LogP contribution in [0.3, 0.4) is 0 Å². The number of hydrogen-bond donors (Lipinski definition) is 2. The highest BCUT2D eigenvalue weighted by Gasteiger charge is 2.09. The lowest BCUT2D eigenvalue weighted by Gasteiger charge is -2.07. The Morgan fingerprint density at radius 1 is 1.39 bits per heavy atom. The number of urea groups is 1. The molecule has 2 aromatic heterocycles. The first kappa shape index (κ1) is 17.0. The van der Waals surface area contributed by atoms with Crippen LogP contribution in [0.5, 0.6) is 0 Å². The number of hydrogen-bond acceptors (Lipinski definition) is 5. The second kappa shape index (κ2) is 7.75. The van der Waals surface area contributed by atoms with E-state index in [4.69, 9.17) is 4.52 Å². The molecule has 2 N–H and O–H groups in total. The third-order valence-electron chi connectivity index (χ3n) is 3.38. The molecule has 2 heterocycles. The van der Waals surface area contributed by atoms with E-state index in [0.717, 1.165) is 23.6 Å². The molecule has 23 heavy (non-hydrogen) atoms. The van der Waals surface area contributed by atoms with Crippen molar-refractivity contribution in [2.45, 2.75) is 46.1 Å². The van der Waals surface area contributed by atoms with E-state index in [-0.39, 0.29) is 11.9 Å². The smallest absolute Gasteiger partial charge is 0.315 e. The molecule has 0 unspecified atom stereocenters. The number of amides is 2. The summed E-state index contributed by atoms with van der Waals surface area (Å²) < 4.78 is 6.92. The molecule has 0 fully saturated rings. The summed E-state index contributed by atoms with van der Waals surface area (Å²) in [7, 11) is 1.86. The van der Waals surface area contributed by atoms with Gasteiger partial charge in [0, 0.05) is 25.9 Å². The SMILES string of the molecule is Cc1cc(CNC(=O)NCCCc2nc(C(C)C)no2)n(C)n1. The first-order valence-electron chi connectivity index (χ1n) is 7.79. The van der Waals surface area contributed by atoms with E-state index in [1.54, 1.807) is 4.68 Å². The molecule has 0 atom stereocenters. The van der Waals surface area contributed by atoms with Crippen molar-refractivity contribution < 1.29 is 9.32 Å². The monoisotopic (exact) mass is 320 g/mol. The highest BCUT2D eigenvalue weighted by molar-refractivity contribution is 5.73. The third kappa shape index (κ3) is 5.08. The van der Waals surface area contributed by atoms with E-state index in [1.807, 2.05) is 33.9 Å². The van der Waals surface area contributed by atoms with Crippen molar-refractivity contribution in [1.82, 2.24) is 30.6 Å². The first-order valence-corrected chi connectivity index (χ1v) is 7.79. The van der Waals surface area contributed by atoms with Gasteiger partial charge in [-0.05, 0) is 19.4 Å². The molecule has 0 aliphatic carbocycles. The van der Waals surface area contributed by atoms with E-state index < -0.39 is 0 Å². The van der Waals surface area contributed by atoms with Crippen LogP contribution in [-0.4, -0.2) is 32.5 Å². The number of carbonyl (C=O) groups is 1. The normalized spacial score (nSPS) is 11.0. The molecule has 0 aliphatic rings. The fourth-order valence-electron chi connectivity index (χ4n) is 2.11. The summed E-state index contributed by atoms with van der Waals surface area (Å²) in [6.07, 6.45) is 1.40. The largest absolute Gasteiger partial charge is 0.339 e. The van der Waals surface area contributed by atoms with Gasteiger partial charge < -0.3 is 15.2 Å². The molecule has 0 bridgehead atoms. The van der Waals surface area contributed by atoms with Crippen LogP contribution in [0.2, 0.25) is 0 Å². The summed E-state index contributed by atoms with van der Waals surface area (Å²) in [4.78, 5) is 16.0. The summed E-state index contributed by atoms with van der Waals surface area (Å²) in [5, 5.41) is 13.8. The van der Waals surface area contributed by atoms with Gasteiger partial charge in [0.15, 0.2) is 5.82 Å². The maximum absolute atomic E-state index is 11.7. The van der Waals surface area contributed by atoms with Crippen LogP contribution in [0, 0.1) is 6.92 Å². The van der Waals surface area contributed by atoms with Gasteiger partial charge in [0.05, 0.1) is 17.9 Å². The lowest BCUT2D eigenvalue weighted by atomic mass is 10.2. The van der Waals surface area contributed by atoms with Gasteiger partial charge >= 0.3 is 6.03 Å². The van der Waals surface area contributed by atoms with Crippen LogP contribution in [0.25, 0.3) is 0 Å². The van der Waals surface area contributed by atoms with Crippen molar-refractivity contribution in [2.75, 3.05) is 6.54 Å². The van der Waals surface area contributed by atoms with Crippen molar-refractivity contribution in [3.63, 3.8) is 0 Å². The minimum atomic E-state index is -0.197. The highest BCUT2D eigenvalue weighted by atomic mass is 16.5. The van der Waals surface area contributed by atoms with Gasteiger partial charge in [-0.15, -0.1) is 0 Å². The number of rotatable bonds is 7. The zero-order valence-corrected chi connectivity index (χ0v) is 14.1. The van der Waals surface area contributed by atoms with Crippen molar-refractivity contribution >= 4 is 6.03 Å². The standard InChI is InChI=1S/C15H24N6O2/c1-10(2)14-18-13(23-20-14)6-5-7-16-15(22)17-9-12-8-11(3)19-21(12)4/h8,10H,5-7,9H2,1-4H3,(H2,16,17,22). The number of aromatic nitrogens is 4. The van der Waals surface area contributed by atoms with Gasteiger partial charge in [0.25, 0.3) is 0 Å². The summed E-state index contributed by atoms with van der Waals surface area (Å²) in [5.41, 5.74) is 1.90. The van der Waals surface area contributed by atoms with E-state index in [9.17, 15) is 4.79 Å². The van der Waals surface area contributed by atoms with Crippen molar-refractivity contribution in [3.05, 3.63) is 29.2 Å². The molecule has 8 nitrogen and oxygen atoms in total. The topological polar surface area (TPSA) is 97.9 Å². The van der Waals surface area contributed by atoms with E-state index in [2.05, 4.69) is 25.9 Å². The predicted molar refractivity (Wildman–Crippen MR) is 84.9 cm³/mol. The minimum Gasteiger partial charge on any atom is -0.339 e. The highest BCUT2D eigenvalue weighted by Crippen LogP contribution is 2.10. The number of aryl methyl sites for hydroxylation is 3. The Labute approximate surface area is 135 Å². The zero-order chi connectivity index (χ0) is 16.8. The first-order chi connectivity index (χ1) is 11.0. The fraction of sp³-hybridized carbons (Fsp3) is 0.600. The maximum atomic E-state index is 11.7. The number of nitrogens with zero attached hydrogens (tertiary/aromatic N) is 4. The van der Waals surface area contributed by atoms with Crippen molar-refractivity contribution in [1.29, 1.82) is 0 Å². The average Bonchev–Trinajstić information content (AvgIpc) is 3.08. The van der Waals surface area contributed by atoms with Crippen LogP contribution in [-0.2, 0) is 20.0 Å². The molecule has 0 spiro atoms. The fourth-order valence-corrected chi connectivity index (χ4v) is 2.11. The Kier molecular flexibility index (Phi) is 5.72. The Hall–Kier alpha value is -2.38. The molecule has 8 heteroatoms. The van der Waals surface area contributed by atoms with Crippen LogP contribution in [0.4, 0.5) is 4.79 Å². The molecule has 0 aliphatic heterocycles. The molecule has 126 valence electrons. The van der Waals surface area contributed by atoms with Crippen molar-refractivity contribution in [3.8, 4) is 0 Å². The van der Waals surface area contributed by atoms with Crippen LogP contribution in [0.1, 0.15) is 49.3 Å². The van der Waals surface area contributed by atoms with E-state index in [1.165, 1.54) is 0 Å². The van der Waals surface area contributed by atoms with Crippen molar-refractivity contribution in [2.24, 2.45) is 7.05 Å². The molecule has 2 amide bonds. The summed E-state index contributed by atoms with van der Waals surface area (Å²) in [6.45, 7) is 6.96. The summed E-state index contributed by atoms with van der Waals surface area (Å²) in [5.74, 6) is 1.59. The molecule has 0 saturated carbocycles. The van der Waals surface area contributed by atoms with Gasteiger partial charge in [-0.1, -0.05) is 19.0 Å². The lowest BCUT2D eigenvalue weighted by molar-refractivity contribution is 0.240. The van der Waals surface area contributed by atoms with E-state index in [0.29, 0.717) is 25.4 Å². The lowest BCUT2D eigenvalue weighted by Crippen LogP contribution is -2.36. The Morgan fingerprint density at radius 2 is 2.17 bits per heavy atom. The van der Waals surface area contributed by atoms with Crippen LogP contribution >= 0.6 is 0 Å². The maximum Gasteiger partial charge on any atom is 0.315 e. The van der Waals surface area contributed by atoms with Gasteiger partial charge in [0.1, 0.15) is 0 Å². The molecular weight excluding hydrogens is 296 g/mol. The summed E-state index contributed by atoms with van der Waals surface area (Å²) >= 11 is 0. The Morgan fingerprint density at radius 3 is 2.78 bits per heavy atom. The summed E-state index contributed by atoms with van der Waals surface area (Å²) in [6, 6.07) is 1.75. The molecule has 2 aromatic rings. The van der Waals surface area contributed by atoms with Gasteiger partial charge in [-0.25, -0.2) is 4.79 Å². The molecule has 2 rings (SSSR count). The van der Waals surface area contributed by atoms with Gasteiger partial charge in [-0.3, -0.25) is 4.68 Å². The average molecular weight is 320 g/mol. The third-order valence-corrected chi connectivity index (χ3v) is 3.38. The molecule has 0 aromatic carbocycles. The second-order valence-corrected chi connectivity index (χ2v) is 5.81. The van der Waals surface area contributed by atoms with Crippen LogP contribution < -0.4 is 10.6 Å². The second-order valence-electron chi connectivity index (χ2n) is 5.81. The molecular formula is C15H24N6O2. The quantitative estimate of drug-likeness (QED) is 0.756. The number of nitrogens with one attached hydrogen (secondary N) is 2. The number of carbonyl (C=O) groups excluding carboxylic acids is 1. The van der Waals surface area contributed by atoms with Gasteiger partial charge in [0.2, 0.25) is 5.89 Å². The van der Waals surface area contributed by atoms with Gasteiger partial charge in [-0.2, -0.15) is 10.1 Å². The minimum absolute atomic E-state index is 0.197. The Bertz CT molecular complexity index is 646. The molecule has 0 radical (unpaired) electrons.